The van der Waals surface area contributed by atoms with Crippen LogP contribution in [0.25, 0.3) is 0 Å². The Morgan fingerprint density at radius 1 is 1.25 bits per heavy atom. The molecule has 1 N–H and O–H groups in total. The minimum Gasteiger partial charge on any atom is -0.435 e. The lowest BCUT2D eigenvalue weighted by atomic mass is 10.1. The Hall–Kier alpha value is -2.71. The molecule has 3 rings (SSSR count). The summed E-state index contributed by atoms with van der Waals surface area (Å²) in [5.74, 6) is 0.0524. The number of nitrogens with one attached hydrogen (secondary N) is 1. The van der Waals surface area contributed by atoms with Gasteiger partial charge in [-0.1, -0.05) is 0 Å². The summed E-state index contributed by atoms with van der Waals surface area (Å²) in [6.07, 6.45) is 4.79. The normalized spacial score (nSPS) is 15.5. The van der Waals surface area contributed by atoms with Gasteiger partial charge in [-0.3, -0.25) is 0 Å². The lowest BCUT2D eigenvalue weighted by Gasteiger charge is -2.31. The molecule has 1 aromatic carbocycles. The number of ether oxygens (including phenoxy) is 1. The van der Waals surface area contributed by atoms with E-state index in [4.69, 9.17) is 0 Å². The van der Waals surface area contributed by atoms with Gasteiger partial charge in [0.15, 0.2) is 0 Å². The van der Waals surface area contributed by atoms with Gasteiger partial charge in [0.05, 0.1) is 6.04 Å². The average molecular weight is 337 g/mol. The number of alkyl halides is 2. The third-order valence-electron chi connectivity index (χ3n) is 3.89. The van der Waals surface area contributed by atoms with Gasteiger partial charge in [0.1, 0.15) is 18.4 Å². The van der Waals surface area contributed by atoms with E-state index in [1.807, 2.05) is 4.68 Å². The maximum atomic E-state index is 12.3. The van der Waals surface area contributed by atoms with Crippen LogP contribution in [0, 0.1) is 0 Å². The van der Waals surface area contributed by atoms with Gasteiger partial charge in [-0.2, -0.15) is 13.9 Å². The maximum absolute atomic E-state index is 12.3. The summed E-state index contributed by atoms with van der Waals surface area (Å²) in [6.45, 7) is -1.64. The molecule has 0 saturated carbocycles. The number of benzene rings is 1. The van der Waals surface area contributed by atoms with E-state index in [0.29, 0.717) is 18.8 Å². The quantitative estimate of drug-likeness (QED) is 0.931. The average Bonchev–Trinajstić information content (AvgIpc) is 3.11. The number of carbonyl (C=O) groups is 1. The Balaban J connectivity index is 1.50. The first-order valence-corrected chi connectivity index (χ1v) is 7.57. The zero-order valence-electron chi connectivity index (χ0n) is 12.8. The van der Waals surface area contributed by atoms with Crippen molar-refractivity contribution in [3.63, 3.8) is 0 Å². The van der Waals surface area contributed by atoms with Crippen molar-refractivity contribution in [3.05, 3.63) is 36.9 Å². The predicted octanol–water partition coefficient (Wildman–Crippen LogP) is 2.75. The standard InChI is InChI=1S/C15H17F2N5O2/c16-14(17)24-13-3-1-11(2-4-13)20-15(23)21-7-5-12(6-8-21)22-10-18-9-19-22/h1-4,9-10,12,14H,5-8H2,(H,20,23). The Morgan fingerprint density at radius 3 is 2.54 bits per heavy atom. The Morgan fingerprint density at radius 2 is 1.96 bits per heavy atom. The molecule has 24 heavy (non-hydrogen) atoms. The monoisotopic (exact) mass is 337 g/mol. The minimum atomic E-state index is -2.86. The Bertz CT molecular complexity index is 655. The molecule has 1 aliphatic rings. The second-order valence-electron chi connectivity index (χ2n) is 5.43. The summed E-state index contributed by atoms with van der Waals surface area (Å²) < 4.78 is 30.3. The van der Waals surface area contributed by atoms with Crippen LogP contribution in [0.2, 0.25) is 0 Å². The third-order valence-corrected chi connectivity index (χ3v) is 3.89. The number of carbonyl (C=O) groups excluding carboxylic acids is 1. The third kappa shape index (κ3) is 3.98. The molecule has 1 aromatic heterocycles. The SMILES string of the molecule is O=C(Nc1ccc(OC(F)F)cc1)N1CCC(n2cncn2)CC1. The summed E-state index contributed by atoms with van der Waals surface area (Å²) in [4.78, 5) is 17.9. The predicted molar refractivity (Wildman–Crippen MR) is 82.0 cm³/mol. The number of nitrogens with zero attached hydrogens (tertiary/aromatic N) is 4. The van der Waals surface area contributed by atoms with Crippen molar-refractivity contribution in [2.24, 2.45) is 0 Å². The Labute approximate surface area is 137 Å². The van der Waals surface area contributed by atoms with E-state index in [1.54, 1.807) is 11.2 Å². The zero-order valence-corrected chi connectivity index (χ0v) is 12.8. The summed E-state index contributed by atoms with van der Waals surface area (Å²) in [6, 6.07) is 5.87. The van der Waals surface area contributed by atoms with Crippen LogP contribution in [-0.4, -0.2) is 45.4 Å². The molecule has 128 valence electrons. The van der Waals surface area contributed by atoms with Crippen molar-refractivity contribution in [1.82, 2.24) is 19.7 Å². The number of aromatic nitrogens is 3. The van der Waals surface area contributed by atoms with E-state index in [9.17, 15) is 13.6 Å². The summed E-state index contributed by atoms with van der Waals surface area (Å²) >= 11 is 0. The van der Waals surface area contributed by atoms with Gasteiger partial charge in [-0.25, -0.2) is 14.5 Å². The van der Waals surface area contributed by atoms with Gasteiger partial charge in [0.2, 0.25) is 0 Å². The second kappa shape index (κ2) is 7.24. The molecule has 0 bridgehead atoms. The van der Waals surface area contributed by atoms with Crippen LogP contribution in [-0.2, 0) is 0 Å². The molecule has 0 aliphatic carbocycles. The summed E-state index contributed by atoms with van der Waals surface area (Å²) in [5, 5.41) is 6.88. The minimum absolute atomic E-state index is 0.0524. The van der Waals surface area contributed by atoms with Gasteiger partial charge >= 0.3 is 12.6 Å². The van der Waals surface area contributed by atoms with Crippen molar-refractivity contribution in [2.75, 3.05) is 18.4 Å². The molecule has 1 aliphatic heterocycles. The van der Waals surface area contributed by atoms with Crippen molar-refractivity contribution in [2.45, 2.75) is 25.5 Å². The highest BCUT2D eigenvalue weighted by Crippen LogP contribution is 2.22. The van der Waals surface area contributed by atoms with Crippen LogP contribution in [0.3, 0.4) is 0 Å². The molecule has 2 amide bonds. The van der Waals surface area contributed by atoms with E-state index in [1.165, 1.54) is 30.6 Å². The lowest BCUT2D eigenvalue weighted by Crippen LogP contribution is -2.41. The molecule has 0 unspecified atom stereocenters. The fraction of sp³-hybridized carbons (Fsp3) is 0.400. The molecule has 2 aromatic rings. The van der Waals surface area contributed by atoms with Crippen molar-refractivity contribution in [3.8, 4) is 5.75 Å². The van der Waals surface area contributed by atoms with Crippen molar-refractivity contribution >= 4 is 11.7 Å². The molecule has 0 atom stereocenters. The maximum Gasteiger partial charge on any atom is 0.387 e. The van der Waals surface area contributed by atoms with Gasteiger partial charge in [0.25, 0.3) is 0 Å². The summed E-state index contributed by atoms with van der Waals surface area (Å²) in [5.41, 5.74) is 0.528. The zero-order chi connectivity index (χ0) is 16.9. The number of hydrogen-bond acceptors (Lipinski definition) is 4. The van der Waals surface area contributed by atoms with Crippen LogP contribution in [0.5, 0.6) is 5.75 Å². The first-order chi connectivity index (χ1) is 11.6. The second-order valence-corrected chi connectivity index (χ2v) is 5.43. The molecule has 7 nitrogen and oxygen atoms in total. The van der Waals surface area contributed by atoms with Crippen LogP contribution in [0.4, 0.5) is 19.3 Å². The molecule has 9 heteroatoms. The van der Waals surface area contributed by atoms with Gasteiger partial charge in [-0.15, -0.1) is 0 Å². The first-order valence-electron chi connectivity index (χ1n) is 7.57. The largest absolute Gasteiger partial charge is 0.435 e. The van der Waals surface area contributed by atoms with E-state index >= 15 is 0 Å². The topological polar surface area (TPSA) is 72.3 Å². The molecular weight excluding hydrogens is 320 g/mol. The first kappa shape index (κ1) is 16.2. The number of urea groups is 1. The van der Waals surface area contributed by atoms with E-state index in [-0.39, 0.29) is 17.8 Å². The van der Waals surface area contributed by atoms with Crippen LogP contribution in [0.1, 0.15) is 18.9 Å². The van der Waals surface area contributed by atoms with Gasteiger partial charge in [-0.05, 0) is 37.1 Å². The number of likely N-dealkylation sites (tertiary alicyclic amines) is 1. The van der Waals surface area contributed by atoms with Crippen LogP contribution >= 0.6 is 0 Å². The summed E-state index contributed by atoms with van der Waals surface area (Å²) in [7, 11) is 0. The number of rotatable bonds is 4. The highest BCUT2D eigenvalue weighted by molar-refractivity contribution is 5.89. The number of anilines is 1. The molecule has 1 fully saturated rings. The fourth-order valence-electron chi connectivity index (χ4n) is 2.66. The van der Waals surface area contributed by atoms with Crippen molar-refractivity contribution < 1.29 is 18.3 Å². The smallest absolute Gasteiger partial charge is 0.387 e. The fourth-order valence-corrected chi connectivity index (χ4v) is 2.66. The number of amides is 2. The molecular formula is C15H17F2N5O2. The highest BCUT2D eigenvalue weighted by Gasteiger charge is 2.24. The number of piperidine rings is 1. The van der Waals surface area contributed by atoms with Crippen LogP contribution < -0.4 is 10.1 Å². The van der Waals surface area contributed by atoms with E-state index < -0.39 is 6.61 Å². The van der Waals surface area contributed by atoms with Gasteiger partial charge in [0, 0.05) is 18.8 Å². The Kier molecular flexibility index (Phi) is 4.88. The number of halogens is 2. The molecule has 0 radical (unpaired) electrons. The highest BCUT2D eigenvalue weighted by atomic mass is 19.3. The van der Waals surface area contributed by atoms with Crippen LogP contribution in [0.15, 0.2) is 36.9 Å². The molecule has 0 spiro atoms. The molecule has 2 heterocycles. The lowest BCUT2D eigenvalue weighted by molar-refractivity contribution is -0.0498. The van der Waals surface area contributed by atoms with E-state index in [0.717, 1.165) is 12.8 Å². The van der Waals surface area contributed by atoms with Gasteiger partial charge < -0.3 is 15.0 Å². The molecule has 1 saturated heterocycles. The van der Waals surface area contributed by atoms with E-state index in [2.05, 4.69) is 20.1 Å². The number of hydrogen-bond donors (Lipinski definition) is 1. The van der Waals surface area contributed by atoms with Crippen molar-refractivity contribution in [1.29, 1.82) is 0 Å².